The van der Waals surface area contributed by atoms with E-state index in [0.717, 1.165) is 24.8 Å². The second-order valence-corrected chi connectivity index (χ2v) is 6.70. The Bertz CT molecular complexity index is 351. The molecule has 0 aliphatic heterocycles. The van der Waals surface area contributed by atoms with Crippen molar-refractivity contribution in [3.8, 4) is 0 Å². The Balaban J connectivity index is 3.99. The van der Waals surface area contributed by atoms with Crippen molar-refractivity contribution < 1.29 is 9.53 Å². The minimum Gasteiger partial charge on any atom is -0.379 e. The van der Waals surface area contributed by atoms with Crippen molar-refractivity contribution in [1.29, 1.82) is 0 Å². The van der Waals surface area contributed by atoms with Gasteiger partial charge in [-0.2, -0.15) is 0 Å². The van der Waals surface area contributed by atoms with Crippen molar-refractivity contribution in [3.05, 3.63) is 23.8 Å². The molecule has 0 heterocycles. The SMILES string of the molecule is CCCC(=O)/C=C(C)/C=C/CC(C)CCCC(C)(C)OC. The van der Waals surface area contributed by atoms with Crippen molar-refractivity contribution in [3.63, 3.8) is 0 Å². The molecule has 0 bridgehead atoms. The number of hydrogen-bond acceptors (Lipinski definition) is 2. The minimum absolute atomic E-state index is 0.00543. The summed E-state index contributed by atoms with van der Waals surface area (Å²) in [5, 5.41) is 0. The molecule has 1 atom stereocenters. The van der Waals surface area contributed by atoms with Crippen LogP contribution in [-0.2, 0) is 9.53 Å². The Kier molecular flexibility index (Phi) is 10.3. The molecular formula is C19H34O2. The van der Waals surface area contributed by atoms with Gasteiger partial charge in [0.05, 0.1) is 5.60 Å². The average molecular weight is 294 g/mol. The lowest BCUT2D eigenvalue weighted by Crippen LogP contribution is -2.22. The molecule has 0 aromatic heterocycles. The van der Waals surface area contributed by atoms with Gasteiger partial charge in [0, 0.05) is 13.5 Å². The number of carbonyl (C=O) groups excluding carboxylic acids is 1. The van der Waals surface area contributed by atoms with Crippen LogP contribution in [0.15, 0.2) is 23.8 Å². The minimum atomic E-state index is -0.00543. The maximum Gasteiger partial charge on any atom is 0.155 e. The third-order valence-electron chi connectivity index (χ3n) is 3.83. The van der Waals surface area contributed by atoms with Gasteiger partial charge >= 0.3 is 0 Å². The molecule has 1 unspecified atom stereocenters. The zero-order valence-corrected chi connectivity index (χ0v) is 14.9. The van der Waals surface area contributed by atoms with Crippen LogP contribution in [0, 0.1) is 5.92 Å². The summed E-state index contributed by atoms with van der Waals surface area (Å²) in [7, 11) is 1.78. The van der Waals surface area contributed by atoms with E-state index in [1.54, 1.807) is 13.2 Å². The summed E-state index contributed by atoms with van der Waals surface area (Å²) >= 11 is 0. The molecule has 0 aromatic rings. The molecule has 0 saturated heterocycles. The van der Waals surface area contributed by atoms with Gasteiger partial charge in [-0.1, -0.05) is 38.8 Å². The van der Waals surface area contributed by atoms with Gasteiger partial charge < -0.3 is 4.74 Å². The average Bonchev–Trinajstić information content (AvgIpc) is 2.38. The van der Waals surface area contributed by atoms with Crippen molar-refractivity contribution in [2.24, 2.45) is 5.92 Å². The molecule has 0 aliphatic carbocycles. The van der Waals surface area contributed by atoms with Crippen molar-refractivity contribution in [2.75, 3.05) is 7.11 Å². The smallest absolute Gasteiger partial charge is 0.155 e. The molecule has 0 rings (SSSR count). The lowest BCUT2D eigenvalue weighted by molar-refractivity contribution is -0.114. The summed E-state index contributed by atoms with van der Waals surface area (Å²) in [5.41, 5.74) is 1.05. The number of ether oxygens (including phenoxy) is 1. The largest absolute Gasteiger partial charge is 0.379 e. The predicted molar refractivity (Wildman–Crippen MR) is 91.5 cm³/mol. The van der Waals surface area contributed by atoms with E-state index in [9.17, 15) is 4.79 Å². The summed E-state index contributed by atoms with van der Waals surface area (Å²) in [6.07, 6.45) is 12.2. The van der Waals surface area contributed by atoms with Gasteiger partial charge in [-0.15, -0.1) is 0 Å². The molecule has 21 heavy (non-hydrogen) atoms. The first kappa shape index (κ1) is 20.1. The normalized spacial score (nSPS) is 14.7. The highest BCUT2D eigenvalue weighted by molar-refractivity contribution is 5.90. The van der Waals surface area contributed by atoms with E-state index in [2.05, 4.69) is 32.9 Å². The third kappa shape index (κ3) is 11.4. The fraction of sp³-hybridized carbons (Fsp3) is 0.737. The van der Waals surface area contributed by atoms with Crippen molar-refractivity contribution in [1.82, 2.24) is 0 Å². The summed E-state index contributed by atoms with van der Waals surface area (Å²) in [6.45, 7) is 10.6. The maximum absolute atomic E-state index is 11.5. The monoisotopic (exact) mass is 294 g/mol. The quantitative estimate of drug-likeness (QED) is 0.372. The predicted octanol–water partition coefficient (Wildman–Crippen LogP) is 5.48. The molecule has 2 nitrogen and oxygen atoms in total. The summed E-state index contributed by atoms with van der Waals surface area (Å²) in [5.74, 6) is 0.905. The maximum atomic E-state index is 11.5. The van der Waals surface area contributed by atoms with Crippen molar-refractivity contribution in [2.45, 2.75) is 78.7 Å². The first-order valence-corrected chi connectivity index (χ1v) is 8.23. The van der Waals surface area contributed by atoms with Gasteiger partial charge in [-0.05, 0) is 57.6 Å². The second-order valence-electron chi connectivity index (χ2n) is 6.70. The van der Waals surface area contributed by atoms with Gasteiger partial charge in [0.1, 0.15) is 0 Å². The molecule has 0 aliphatic rings. The first-order chi connectivity index (χ1) is 9.80. The zero-order chi connectivity index (χ0) is 16.3. The van der Waals surface area contributed by atoms with E-state index in [4.69, 9.17) is 4.74 Å². The molecule has 0 aromatic carbocycles. The van der Waals surface area contributed by atoms with Crippen LogP contribution in [0.5, 0.6) is 0 Å². The lowest BCUT2D eigenvalue weighted by atomic mass is 9.95. The van der Waals surface area contributed by atoms with Crippen LogP contribution in [0.4, 0.5) is 0 Å². The standard InChI is InChI=1S/C19H34O2/c1-7-10-18(20)15-17(3)12-8-11-16(2)13-9-14-19(4,5)21-6/h8,12,15-16H,7,9-11,13-14H2,1-6H3/b12-8+,17-15+. The number of rotatable bonds is 11. The Hall–Kier alpha value is -0.890. The Morgan fingerprint density at radius 1 is 1.33 bits per heavy atom. The van der Waals surface area contributed by atoms with Crippen LogP contribution in [0.25, 0.3) is 0 Å². The highest BCUT2D eigenvalue weighted by Crippen LogP contribution is 2.20. The third-order valence-corrected chi connectivity index (χ3v) is 3.83. The molecule has 0 saturated carbocycles. The fourth-order valence-electron chi connectivity index (χ4n) is 2.20. The van der Waals surface area contributed by atoms with E-state index >= 15 is 0 Å². The highest BCUT2D eigenvalue weighted by Gasteiger charge is 2.15. The van der Waals surface area contributed by atoms with E-state index in [-0.39, 0.29) is 11.4 Å². The summed E-state index contributed by atoms with van der Waals surface area (Å²) < 4.78 is 5.44. The van der Waals surface area contributed by atoms with Crippen LogP contribution < -0.4 is 0 Å². The van der Waals surface area contributed by atoms with Crippen LogP contribution in [0.3, 0.4) is 0 Å². The first-order valence-electron chi connectivity index (χ1n) is 8.23. The van der Waals surface area contributed by atoms with Crippen LogP contribution in [-0.4, -0.2) is 18.5 Å². The van der Waals surface area contributed by atoms with Crippen LogP contribution in [0.2, 0.25) is 0 Å². The van der Waals surface area contributed by atoms with Crippen LogP contribution >= 0.6 is 0 Å². The zero-order valence-electron chi connectivity index (χ0n) is 14.9. The van der Waals surface area contributed by atoms with Gasteiger partial charge in [-0.3, -0.25) is 4.79 Å². The summed E-state index contributed by atoms with van der Waals surface area (Å²) in [4.78, 5) is 11.5. The second kappa shape index (κ2) is 10.8. The number of hydrogen-bond donors (Lipinski definition) is 0. The van der Waals surface area contributed by atoms with E-state index < -0.39 is 0 Å². The molecule has 2 heteroatoms. The molecule has 122 valence electrons. The Labute approximate surface area is 131 Å². The highest BCUT2D eigenvalue weighted by atomic mass is 16.5. The van der Waals surface area contributed by atoms with Crippen LogP contribution in [0.1, 0.15) is 73.1 Å². The number of methoxy groups -OCH3 is 1. The molecule has 0 fully saturated rings. The molecule has 0 amide bonds. The number of ketones is 1. The van der Waals surface area contributed by atoms with E-state index in [0.29, 0.717) is 12.3 Å². The topological polar surface area (TPSA) is 26.3 Å². The fourth-order valence-corrected chi connectivity index (χ4v) is 2.20. The lowest BCUT2D eigenvalue weighted by Gasteiger charge is -2.23. The van der Waals surface area contributed by atoms with Crippen molar-refractivity contribution >= 4 is 5.78 Å². The Morgan fingerprint density at radius 3 is 2.57 bits per heavy atom. The molecule has 0 N–H and O–H groups in total. The number of allylic oxidation sites excluding steroid dienone is 4. The number of carbonyl (C=O) groups is 1. The Morgan fingerprint density at radius 2 is 2.00 bits per heavy atom. The summed E-state index contributed by atoms with van der Waals surface area (Å²) in [6, 6.07) is 0. The van der Waals surface area contributed by atoms with E-state index in [1.165, 1.54) is 12.8 Å². The molecule has 0 spiro atoms. The van der Waals surface area contributed by atoms with Gasteiger partial charge in [-0.25, -0.2) is 0 Å². The molecular weight excluding hydrogens is 260 g/mol. The van der Waals surface area contributed by atoms with Gasteiger partial charge in [0.15, 0.2) is 5.78 Å². The van der Waals surface area contributed by atoms with Gasteiger partial charge in [0.2, 0.25) is 0 Å². The molecule has 0 radical (unpaired) electrons. The van der Waals surface area contributed by atoms with Gasteiger partial charge in [0.25, 0.3) is 0 Å². The van der Waals surface area contributed by atoms with E-state index in [1.807, 2.05) is 13.8 Å².